The second-order valence-corrected chi connectivity index (χ2v) is 5.89. The van der Waals surface area contributed by atoms with E-state index in [9.17, 15) is 0 Å². The smallest absolute Gasteiger partial charge is 0.123 e. The number of ether oxygens (including phenoxy) is 2. The third-order valence-corrected chi connectivity index (χ3v) is 4.64. The summed E-state index contributed by atoms with van der Waals surface area (Å²) in [6, 6.07) is 26.8. The lowest BCUT2D eigenvalue weighted by Gasteiger charge is -2.34. The van der Waals surface area contributed by atoms with Gasteiger partial charge in [0.25, 0.3) is 0 Å². The molecule has 0 atom stereocenters. The minimum atomic E-state index is -0.388. The van der Waals surface area contributed by atoms with E-state index in [1.54, 1.807) is 14.2 Å². The van der Waals surface area contributed by atoms with Crippen molar-refractivity contribution in [1.29, 1.82) is 0 Å². The van der Waals surface area contributed by atoms with Crippen LogP contribution in [0.4, 0.5) is 0 Å². The molecule has 0 amide bonds. The van der Waals surface area contributed by atoms with E-state index in [1.807, 2.05) is 30.3 Å². The van der Waals surface area contributed by atoms with E-state index in [1.165, 1.54) is 5.56 Å². The Hall–Kier alpha value is -2.74. The van der Waals surface area contributed by atoms with Crippen LogP contribution in [-0.2, 0) is 5.41 Å². The van der Waals surface area contributed by atoms with Crippen LogP contribution in [0, 0.1) is 0 Å². The van der Waals surface area contributed by atoms with Gasteiger partial charge in [0.05, 0.1) is 14.2 Å². The maximum absolute atomic E-state index is 5.67. The first-order valence-corrected chi connectivity index (χ1v) is 8.04. The first kappa shape index (κ1) is 16.1. The molecule has 2 heteroatoms. The van der Waals surface area contributed by atoms with Crippen LogP contribution in [0.15, 0.2) is 78.9 Å². The van der Waals surface area contributed by atoms with E-state index in [0.717, 1.165) is 22.6 Å². The fourth-order valence-electron chi connectivity index (χ4n) is 3.34. The van der Waals surface area contributed by atoms with Gasteiger partial charge in [-0.05, 0) is 24.6 Å². The molecule has 0 aromatic heterocycles. The first-order valence-electron chi connectivity index (χ1n) is 8.04. The molecule has 3 rings (SSSR count). The number of benzene rings is 3. The molecular formula is C22H22O2. The van der Waals surface area contributed by atoms with Crippen molar-refractivity contribution < 1.29 is 9.47 Å². The quantitative estimate of drug-likeness (QED) is 0.612. The van der Waals surface area contributed by atoms with E-state index in [2.05, 4.69) is 55.5 Å². The summed E-state index contributed by atoms with van der Waals surface area (Å²) in [5.74, 6) is 1.74. The third-order valence-electron chi connectivity index (χ3n) is 4.64. The monoisotopic (exact) mass is 318 g/mol. The van der Waals surface area contributed by atoms with Gasteiger partial charge >= 0.3 is 0 Å². The van der Waals surface area contributed by atoms with Gasteiger partial charge in [-0.2, -0.15) is 0 Å². The van der Waals surface area contributed by atoms with Crippen LogP contribution in [0.1, 0.15) is 23.6 Å². The normalized spacial score (nSPS) is 11.1. The van der Waals surface area contributed by atoms with Crippen LogP contribution in [0.5, 0.6) is 11.5 Å². The standard InChI is InChI=1S/C22H22O2/c1-22(17-11-5-4-6-12-17,18-13-7-9-15-20(18)23-2)19-14-8-10-16-21(19)24-3/h4-16H,1-3H3. The average Bonchev–Trinajstić information content (AvgIpc) is 2.68. The van der Waals surface area contributed by atoms with Crippen molar-refractivity contribution in [3.8, 4) is 11.5 Å². The van der Waals surface area contributed by atoms with E-state index in [-0.39, 0.29) is 5.41 Å². The number of rotatable bonds is 5. The van der Waals surface area contributed by atoms with Crippen molar-refractivity contribution in [3.05, 3.63) is 95.6 Å². The largest absolute Gasteiger partial charge is 0.496 e. The number of hydrogen-bond donors (Lipinski definition) is 0. The SMILES string of the molecule is COc1ccccc1C(C)(c1ccccc1)c1ccccc1OC. The Morgan fingerprint density at radius 1 is 0.583 bits per heavy atom. The third kappa shape index (κ3) is 2.65. The summed E-state index contributed by atoms with van der Waals surface area (Å²) in [5.41, 5.74) is 3.03. The Bertz CT molecular complexity index is 761. The van der Waals surface area contributed by atoms with Gasteiger partial charge in [0.2, 0.25) is 0 Å². The Morgan fingerprint density at radius 2 is 1.00 bits per heavy atom. The molecule has 0 N–H and O–H groups in total. The summed E-state index contributed by atoms with van der Waals surface area (Å²) in [6.07, 6.45) is 0. The molecule has 3 aromatic rings. The van der Waals surface area contributed by atoms with Gasteiger partial charge in [-0.3, -0.25) is 0 Å². The van der Waals surface area contributed by atoms with Crippen molar-refractivity contribution in [2.75, 3.05) is 14.2 Å². The zero-order valence-electron chi connectivity index (χ0n) is 14.3. The Morgan fingerprint density at radius 3 is 1.46 bits per heavy atom. The van der Waals surface area contributed by atoms with Crippen LogP contribution in [-0.4, -0.2) is 14.2 Å². The molecule has 0 fully saturated rings. The Balaban J connectivity index is 2.34. The van der Waals surface area contributed by atoms with Crippen molar-refractivity contribution in [2.24, 2.45) is 0 Å². The minimum absolute atomic E-state index is 0.388. The molecule has 0 radical (unpaired) electrons. The molecule has 0 saturated heterocycles. The van der Waals surface area contributed by atoms with E-state index >= 15 is 0 Å². The molecule has 0 bridgehead atoms. The van der Waals surface area contributed by atoms with E-state index in [0.29, 0.717) is 0 Å². The highest BCUT2D eigenvalue weighted by Gasteiger charge is 2.35. The van der Waals surface area contributed by atoms with Crippen molar-refractivity contribution in [3.63, 3.8) is 0 Å². The van der Waals surface area contributed by atoms with Crippen LogP contribution < -0.4 is 9.47 Å². The van der Waals surface area contributed by atoms with Crippen molar-refractivity contribution in [2.45, 2.75) is 12.3 Å². The molecule has 0 heterocycles. The highest BCUT2D eigenvalue weighted by atomic mass is 16.5. The molecule has 0 unspecified atom stereocenters. The number of para-hydroxylation sites is 2. The van der Waals surface area contributed by atoms with Crippen LogP contribution in [0.2, 0.25) is 0 Å². The molecule has 0 aliphatic heterocycles. The van der Waals surface area contributed by atoms with Gasteiger partial charge in [0.1, 0.15) is 11.5 Å². The van der Waals surface area contributed by atoms with Crippen LogP contribution >= 0.6 is 0 Å². The Kier molecular flexibility index (Phi) is 4.57. The molecule has 3 aromatic carbocycles. The summed E-state index contributed by atoms with van der Waals surface area (Å²) in [7, 11) is 3.43. The lowest BCUT2D eigenvalue weighted by atomic mass is 9.70. The Labute approximate surface area is 143 Å². The second kappa shape index (κ2) is 6.79. The maximum Gasteiger partial charge on any atom is 0.123 e. The summed E-state index contributed by atoms with van der Waals surface area (Å²) in [6.45, 7) is 2.22. The molecule has 0 aliphatic rings. The summed E-state index contributed by atoms with van der Waals surface area (Å²) in [5, 5.41) is 0. The summed E-state index contributed by atoms with van der Waals surface area (Å²) >= 11 is 0. The average molecular weight is 318 g/mol. The fraction of sp³-hybridized carbons (Fsp3) is 0.182. The zero-order valence-corrected chi connectivity index (χ0v) is 14.3. The fourth-order valence-corrected chi connectivity index (χ4v) is 3.34. The molecule has 0 spiro atoms. The highest BCUT2D eigenvalue weighted by Crippen LogP contribution is 2.45. The van der Waals surface area contributed by atoms with Crippen LogP contribution in [0.3, 0.4) is 0 Å². The lowest BCUT2D eigenvalue weighted by molar-refractivity contribution is 0.392. The van der Waals surface area contributed by atoms with Gasteiger partial charge in [0, 0.05) is 16.5 Å². The second-order valence-electron chi connectivity index (χ2n) is 5.89. The lowest BCUT2D eigenvalue weighted by Crippen LogP contribution is -2.26. The molecule has 24 heavy (non-hydrogen) atoms. The van der Waals surface area contributed by atoms with Crippen LogP contribution in [0.25, 0.3) is 0 Å². The van der Waals surface area contributed by atoms with Crippen molar-refractivity contribution >= 4 is 0 Å². The van der Waals surface area contributed by atoms with Gasteiger partial charge in [-0.25, -0.2) is 0 Å². The highest BCUT2D eigenvalue weighted by molar-refractivity contribution is 5.58. The van der Waals surface area contributed by atoms with E-state index in [4.69, 9.17) is 9.47 Å². The number of hydrogen-bond acceptors (Lipinski definition) is 2. The molecule has 0 saturated carbocycles. The van der Waals surface area contributed by atoms with Gasteiger partial charge in [-0.15, -0.1) is 0 Å². The maximum atomic E-state index is 5.67. The first-order chi connectivity index (χ1) is 11.7. The molecular weight excluding hydrogens is 296 g/mol. The zero-order chi connectivity index (χ0) is 17.0. The van der Waals surface area contributed by atoms with Gasteiger partial charge < -0.3 is 9.47 Å². The summed E-state index contributed by atoms with van der Waals surface area (Å²) in [4.78, 5) is 0. The van der Waals surface area contributed by atoms with E-state index < -0.39 is 0 Å². The summed E-state index contributed by atoms with van der Waals surface area (Å²) < 4.78 is 11.3. The molecule has 122 valence electrons. The topological polar surface area (TPSA) is 18.5 Å². The predicted octanol–water partition coefficient (Wildman–Crippen LogP) is 5.06. The van der Waals surface area contributed by atoms with Gasteiger partial charge in [-0.1, -0.05) is 66.7 Å². The van der Waals surface area contributed by atoms with Gasteiger partial charge in [0.15, 0.2) is 0 Å². The minimum Gasteiger partial charge on any atom is -0.496 e. The van der Waals surface area contributed by atoms with Crippen molar-refractivity contribution in [1.82, 2.24) is 0 Å². The molecule has 0 aliphatic carbocycles. The molecule has 2 nitrogen and oxygen atoms in total. The predicted molar refractivity (Wildman–Crippen MR) is 98.0 cm³/mol. The number of methoxy groups -OCH3 is 2.